The second-order valence-corrected chi connectivity index (χ2v) is 6.86. The monoisotopic (exact) mass is 416 g/mol. The van der Waals surface area contributed by atoms with E-state index in [2.05, 4.69) is 15.4 Å². The van der Waals surface area contributed by atoms with Crippen molar-refractivity contribution in [2.75, 3.05) is 11.9 Å². The number of carbonyl (C=O) groups excluding carboxylic acids is 1. The number of rotatable bonds is 6. The number of hydrogen-bond acceptors (Lipinski definition) is 4. The lowest BCUT2D eigenvalue weighted by Crippen LogP contribution is -2.13. The van der Waals surface area contributed by atoms with Gasteiger partial charge < -0.3 is 10.1 Å². The number of halogens is 1. The average Bonchev–Trinajstić information content (AvgIpc) is 3.19. The number of aryl methyl sites for hydroxylation is 1. The third-order valence-corrected chi connectivity index (χ3v) is 4.74. The minimum atomic E-state index is -0.402. The highest BCUT2D eigenvalue weighted by Crippen LogP contribution is 2.26. The van der Waals surface area contributed by atoms with Gasteiger partial charge in [-0.15, -0.1) is 5.10 Å². The summed E-state index contributed by atoms with van der Waals surface area (Å²) in [5.41, 5.74) is 3.13. The molecule has 0 unspecified atom stereocenters. The van der Waals surface area contributed by atoms with Crippen LogP contribution < -0.4 is 10.1 Å². The summed E-state index contributed by atoms with van der Waals surface area (Å²) in [4.78, 5) is 16.9. The molecule has 0 fully saturated rings. The van der Waals surface area contributed by atoms with Gasteiger partial charge in [0.2, 0.25) is 0 Å². The van der Waals surface area contributed by atoms with Crippen LogP contribution in [0.5, 0.6) is 6.01 Å². The summed E-state index contributed by atoms with van der Waals surface area (Å²) >= 11 is 0. The third kappa shape index (κ3) is 4.30. The Morgan fingerprint density at radius 1 is 1.03 bits per heavy atom. The van der Waals surface area contributed by atoms with Gasteiger partial charge in [0.05, 0.1) is 17.9 Å². The van der Waals surface area contributed by atoms with Crippen molar-refractivity contribution < 1.29 is 13.9 Å². The lowest BCUT2D eigenvalue weighted by atomic mass is 10.1. The summed E-state index contributed by atoms with van der Waals surface area (Å²) < 4.78 is 21.3. The van der Waals surface area contributed by atoms with Gasteiger partial charge in [0.1, 0.15) is 5.82 Å². The van der Waals surface area contributed by atoms with E-state index in [4.69, 9.17) is 4.74 Å². The molecule has 0 spiro atoms. The number of aromatic nitrogens is 3. The Morgan fingerprint density at radius 2 is 1.74 bits per heavy atom. The molecule has 31 heavy (non-hydrogen) atoms. The molecule has 0 radical (unpaired) electrons. The predicted molar refractivity (Wildman–Crippen MR) is 117 cm³/mol. The van der Waals surface area contributed by atoms with E-state index >= 15 is 0 Å². The molecule has 1 aromatic heterocycles. The lowest BCUT2D eigenvalue weighted by molar-refractivity contribution is 0.102. The maximum absolute atomic E-state index is 14.4. The molecule has 6 nitrogen and oxygen atoms in total. The van der Waals surface area contributed by atoms with Crippen LogP contribution in [0.25, 0.3) is 17.1 Å². The Labute approximate surface area is 179 Å². The zero-order valence-corrected chi connectivity index (χ0v) is 17.2. The number of hydrogen-bond donors (Lipinski definition) is 1. The first-order chi connectivity index (χ1) is 15.1. The highest BCUT2D eigenvalue weighted by Gasteiger charge is 2.17. The van der Waals surface area contributed by atoms with Crippen molar-refractivity contribution in [3.05, 3.63) is 89.7 Å². The third-order valence-electron chi connectivity index (χ3n) is 4.74. The van der Waals surface area contributed by atoms with Crippen LogP contribution in [0.3, 0.4) is 0 Å². The fraction of sp³-hybridized carbons (Fsp3) is 0.125. The molecule has 0 saturated carbocycles. The quantitative estimate of drug-likeness (QED) is 0.479. The summed E-state index contributed by atoms with van der Waals surface area (Å²) in [5, 5.41) is 7.26. The van der Waals surface area contributed by atoms with Gasteiger partial charge in [-0.1, -0.05) is 30.3 Å². The molecule has 0 atom stereocenters. The normalized spacial score (nSPS) is 10.7. The summed E-state index contributed by atoms with van der Waals surface area (Å²) in [6.45, 7) is 4.11. The van der Waals surface area contributed by atoms with E-state index in [1.165, 1.54) is 10.7 Å². The smallest absolute Gasteiger partial charge is 0.336 e. The first kappa shape index (κ1) is 20.3. The fourth-order valence-corrected chi connectivity index (χ4v) is 3.19. The maximum Gasteiger partial charge on any atom is 0.336 e. The van der Waals surface area contributed by atoms with Crippen molar-refractivity contribution >= 4 is 11.6 Å². The van der Waals surface area contributed by atoms with Crippen molar-refractivity contribution in [3.8, 4) is 23.1 Å². The molecule has 1 amide bonds. The maximum atomic E-state index is 14.4. The van der Waals surface area contributed by atoms with Crippen molar-refractivity contribution in [1.29, 1.82) is 0 Å². The van der Waals surface area contributed by atoms with E-state index in [0.29, 0.717) is 34.9 Å². The van der Waals surface area contributed by atoms with Crippen LogP contribution in [0.2, 0.25) is 0 Å². The van der Waals surface area contributed by atoms with Gasteiger partial charge in [-0.25, -0.2) is 9.07 Å². The Morgan fingerprint density at radius 3 is 2.45 bits per heavy atom. The molecular formula is C24H21FN4O2. The molecule has 3 aromatic carbocycles. The zero-order chi connectivity index (χ0) is 21.8. The minimum absolute atomic E-state index is 0.165. The van der Waals surface area contributed by atoms with E-state index in [9.17, 15) is 9.18 Å². The summed E-state index contributed by atoms with van der Waals surface area (Å²) in [7, 11) is 0. The summed E-state index contributed by atoms with van der Waals surface area (Å²) in [6.07, 6.45) is 0. The second-order valence-electron chi connectivity index (χ2n) is 6.86. The highest BCUT2D eigenvalue weighted by atomic mass is 19.1. The van der Waals surface area contributed by atoms with Crippen LogP contribution in [0, 0.1) is 12.7 Å². The highest BCUT2D eigenvalue weighted by molar-refractivity contribution is 6.05. The van der Waals surface area contributed by atoms with Gasteiger partial charge in [0, 0.05) is 11.3 Å². The Kier molecular flexibility index (Phi) is 5.75. The van der Waals surface area contributed by atoms with Crippen LogP contribution in [-0.4, -0.2) is 27.3 Å². The molecule has 0 aliphatic heterocycles. The number of anilines is 1. The summed E-state index contributed by atoms with van der Waals surface area (Å²) in [6, 6.07) is 21.0. The van der Waals surface area contributed by atoms with Gasteiger partial charge in [-0.2, -0.15) is 4.98 Å². The molecule has 1 N–H and O–H groups in total. The molecule has 156 valence electrons. The van der Waals surface area contributed by atoms with Crippen LogP contribution in [0.4, 0.5) is 10.1 Å². The first-order valence-corrected chi connectivity index (χ1v) is 9.89. The minimum Gasteiger partial charge on any atom is -0.463 e. The van der Waals surface area contributed by atoms with E-state index in [0.717, 1.165) is 5.56 Å². The Bertz CT molecular complexity index is 1220. The number of carbonyl (C=O) groups is 1. The molecule has 1 heterocycles. The predicted octanol–water partition coefficient (Wildman–Crippen LogP) is 5.03. The SMILES string of the molecule is CCOc1nc(-c2ccccc2F)n(-c2ccc(NC(=O)c3ccccc3C)cc2)n1. The van der Waals surface area contributed by atoms with Crippen LogP contribution in [0.15, 0.2) is 72.8 Å². The van der Waals surface area contributed by atoms with Gasteiger partial charge in [0.15, 0.2) is 5.82 Å². The van der Waals surface area contributed by atoms with Gasteiger partial charge in [-0.05, 0) is 61.9 Å². The average molecular weight is 416 g/mol. The van der Waals surface area contributed by atoms with Crippen molar-refractivity contribution in [1.82, 2.24) is 14.8 Å². The van der Waals surface area contributed by atoms with Gasteiger partial charge in [-0.3, -0.25) is 4.79 Å². The molecule has 0 aliphatic rings. The second kappa shape index (κ2) is 8.79. The summed E-state index contributed by atoms with van der Waals surface area (Å²) in [5.74, 6) is -0.253. The van der Waals surface area contributed by atoms with E-state index < -0.39 is 5.82 Å². The van der Waals surface area contributed by atoms with Crippen molar-refractivity contribution in [3.63, 3.8) is 0 Å². The number of ether oxygens (including phenoxy) is 1. The Balaban J connectivity index is 1.64. The van der Waals surface area contributed by atoms with E-state index in [-0.39, 0.29) is 11.9 Å². The topological polar surface area (TPSA) is 69.0 Å². The van der Waals surface area contributed by atoms with Crippen LogP contribution >= 0.6 is 0 Å². The standard InChI is InChI=1S/C24H21FN4O2/c1-3-31-24-27-22(20-10-6-7-11-21(20)25)29(28-24)18-14-12-17(13-15-18)26-23(30)19-9-5-4-8-16(19)2/h4-15H,3H2,1-2H3,(H,26,30). The molecule has 4 aromatic rings. The van der Waals surface area contributed by atoms with Crippen LogP contribution in [-0.2, 0) is 0 Å². The van der Waals surface area contributed by atoms with Crippen LogP contribution in [0.1, 0.15) is 22.8 Å². The number of nitrogens with zero attached hydrogens (tertiary/aromatic N) is 3. The fourth-order valence-electron chi connectivity index (χ4n) is 3.19. The molecule has 0 bridgehead atoms. The number of benzene rings is 3. The number of amides is 1. The van der Waals surface area contributed by atoms with Gasteiger partial charge >= 0.3 is 6.01 Å². The van der Waals surface area contributed by atoms with E-state index in [1.54, 1.807) is 48.5 Å². The molecule has 4 rings (SSSR count). The van der Waals surface area contributed by atoms with Gasteiger partial charge in [0.25, 0.3) is 5.91 Å². The molecule has 0 aliphatic carbocycles. The van der Waals surface area contributed by atoms with Crippen molar-refractivity contribution in [2.24, 2.45) is 0 Å². The largest absolute Gasteiger partial charge is 0.463 e. The molecular weight excluding hydrogens is 395 g/mol. The number of nitrogens with one attached hydrogen (secondary N) is 1. The Hall–Kier alpha value is -4.00. The molecule has 0 saturated heterocycles. The lowest BCUT2D eigenvalue weighted by Gasteiger charge is -2.10. The molecule has 7 heteroatoms. The first-order valence-electron chi connectivity index (χ1n) is 9.89. The zero-order valence-electron chi connectivity index (χ0n) is 17.2. The van der Waals surface area contributed by atoms with E-state index in [1.807, 2.05) is 32.0 Å². The van der Waals surface area contributed by atoms with Crippen molar-refractivity contribution in [2.45, 2.75) is 13.8 Å².